The first kappa shape index (κ1) is 22.6. The molecule has 158 valence electrons. The van der Waals surface area contributed by atoms with Crippen LogP contribution in [0.5, 0.6) is 0 Å². The van der Waals surface area contributed by atoms with Gasteiger partial charge in [-0.1, -0.05) is 11.6 Å². The highest BCUT2D eigenvalue weighted by atomic mass is 35.5. The van der Waals surface area contributed by atoms with Gasteiger partial charge >= 0.3 is 12.2 Å². The second-order valence-electron chi connectivity index (χ2n) is 7.86. The summed E-state index contributed by atoms with van der Waals surface area (Å²) in [4.78, 5) is 26.1. The maximum Gasteiger partial charge on any atom is 0.412 e. The van der Waals surface area contributed by atoms with Crippen LogP contribution in [0.2, 0.25) is 5.02 Å². The molecular weight excluding hydrogens is 400 g/mol. The van der Waals surface area contributed by atoms with E-state index in [1.807, 2.05) is 6.07 Å². The SMILES string of the molecule is CN(C(=O)O)[C@@H]1CCN(c2cc(C#N)cc(NC(=O)OC(C)(C)C)c2Cl)C[C@H]1O. The maximum atomic E-state index is 12.1. The Morgan fingerprint density at radius 3 is 2.59 bits per heavy atom. The fourth-order valence-corrected chi connectivity index (χ4v) is 3.42. The number of hydrogen-bond acceptors (Lipinski definition) is 6. The number of aliphatic hydroxyl groups is 1. The van der Waals surface area contributed by atoms with Crippen molar-refractivity contribution >= 4 is 35.2 Å². The van der Waals surface area contributed by atoms with E-state index in [4.69, 9.17) is 21.4 Å². The average Bonchev–Trinajstić information content (AvgIpc) is 2.61. The fraction of sp³-hybridized carbons (Fsp3) is 0.526. The minimum absolute atomic E-state index is 0.128. The molecule has 1 fully saturated rings. The number of carbonyl (C=O) groups excluding carboxylic acids is 1. The van der Waals surface area contributed by atoms with E-state index in [1.165, 1.54) is 13.1 Å². The van der Waals surface area contributed by atoms with Crippen LogP contribution in [0.3, 0.4) is 0 Å². The molecule has 1 saturated heterocycles. The number of benzene rings is 1. The first-order valence-electron chi connectivity index (χ1n) is 9.05. The lowest BCUT2D eigenvalue weighted by Gasteiger charge is -2.40. The van der Waals surface area contributed by atoms with Gasteiger partial charge in [0.05, 0.1) is 40.2 Å². The third-order valence-corrected chi connectivity index (χ3v) is 4.90. The molecule has 0 unspecified atom stereocenters. The van der Waals surface area contributed by atoms with Crippen molar-refractivity contribution in [1.29, 1.82) is 5.26 Å². The Bertz CT molecular complexity index is 833. The van der Waals surface area contributed by atoms with Crippen molar-refractivity contribution in [3.63, 3.8) is 0 Å². The summed E-state index contributed by atoms with van der Waals surface area (Å²) < 4.78 is 5.23. The minimum Gasteiger partial charge on any atom is -0.465 e. The zero-order valence-electron chi connectivity index (χ0n) is 16.8. The molecule has 1 aromatic carbocycles. The Hall–Kier alpha value is -2.70. The van der Waals surface area contributed by atoms with Crippen LogP contribution in [-0.4, -0.2) is 65.2 Å². The Balaban J connectivity index is 2.26. The summed E-state index contributed by atoms with van der Waals surface area (Å²) in [5, 5.41) is 31.7. The Morgan fingerprint density at radius 1 is 1.41 bits per heavy atom. The standard InChI is InChI=1S/C19H25ClN4O5/c1-19(2,3)29-17(26)22-12-7-11(9-21)8-14(16(12)20)24-6-5-13(15(25)10-24)23(4)18(27)28/h7-8,13,15,25H,5-6,10H2,1-4H3,(H,22,26)(H,27,28)/t13-,15-/m1/s1. The molecule has 0 radical (unpaired) electrons. The predicted molar refractivity (Wildman–Crippen MR) is 108 cm³/mol. The number of nitriles is 1. The van der Waals surface area contributed by atoms with E-state index in [1.54, 1.807) is 31.7 Å². The number of halogens is 1. The molecule has 2 amide bonds. The van der Waals surface area contributed by atoms with Crippen LogP contribution in [0.4, 0.5) is 21.0 Å². The van der Waals surface area contributed by atoms with E-state index in [0.717, 1.165) is 4.90 Å². The Labute approximate surface area is 174 Å². The average molecular weight is 425 g/mol. The number of hydrogen-bond donors (Lipinski definition) is 3. The molecule has 1 aliphatic rings. The lowest BCUT2D eigenvalue weighted by molar-refractivity contribution is 0.0497. The summed E-state index contributed by atoms with van der Waals surface area (Å²) in [6.07, 6.45) is -2.38. The molecule has 9 nitrogen and oxygen atoms in total. The molecule has 3 N–H and O–H groups in total. The van der Waals surface area contributed by atoms with Crippen molar-refractivity contribution in [2.75, 3.05) is 30.4 Å². The predicted octanol–water partition coefficient (Wildman–Crippen LogP) is 3.11. The second-order valence-corrected chi connectivity index (χ2v) is 8.24. The van der Waals surface area contributed by atoms with Gasteiger partial charge in [-0.3, -0.25) is 5.32 Å². The molecule has 1 heterocycles. The van der Waals surface area contributed by atoms with Crippen LogP contribution in [0, 0.1) is 11.3 Å². The molecule has 0 saturated carbocycles. The largest absolute Gasteiger partial charge is 0.465 e. The van der Waals surface area contributed by atoms with Gasteiger partial charge in [0.25, 0.3) is 0 Å². The van der Waals surface area contributed by atoms with Gasteiger partial charge in [0.2, 0.25) is 0 Å². The van der Waals surface area contributed by atoms with Gasteiger partial charge in [-0.2, -0.15) is 5.26 Å². The number of carboxylic acid groups (broad SMARTS) is 1. The summed E-state index contributed by atoms with van der Waals surface area (Å²) >= 11 is 6.48. The van der Waals surface area contributed by atoms with Crippen molar-refractivity contribution < 1.29 is 24.5 Å². The Morgan fingerprint density at radius 2 is 2.07 bits per heavy atom. The number of nitrogens with one attached hydrogen (secondary N) is 1. The quantitative estimate of drug-likeness (QED) is 0.680. The highest BCUT2D eigenvalue weighted by Gasteiger charge is 2.34. The van der Waals surface area contributed by atoms with Crippen molar-refractivity contribution in [2.45, 2.75) is 44.9 Å². The summed E-state index contributed by atoms with van der Waals surface area (Å²) in [7, 11) is 1.41. The summed E-state index contributed by atoms with van der Waals surface area (Å²) in [6.45, 7) is 5.73. The first-order chi connectivity index (χ1) is 13.4. The first-order valence-corrected chi connectivity index (χ1v) is 9.43. The highest BCUT2D eigenvalue weighted by molar-refractivity contribution is 6.36. The third kappa shape index (κ3) is 5.65. The van der Waals surface area contributed by atoms with Crippen LogP contribution in [0.25, 0.3) is 0 Å². The molecule has 1 aromatic rings. The molecule has 0 aliphatic carbocycles. The highest BCUT2D eigenvalue weighted by Crippen LogP contribution is 2.36. The van der Waals surface area contributed by atoms with E-state index in [-0.39, 0.29) is 22.8 Å². The summed E-state index contributed by atoms with van der Waals surface area (Å²) in [5.74, 6) is 0. The van der Waals surface area contributed by atoms with Gasteiger partial charge in [-0.15, -0.1) is 0 Å². The van der Waals surface area contributed by atoms with Crippen LogP contribution >= 0.6 is 11.6 Å². The number of carbonyl (C=O) groups is 2. The summed E-state index contributed by atoms with van der Waals surface area (Å²) in [5.41, 5.74) is 0.255. The van der Waals surface area contributed by atoms with E-state index in [2.05, 4.69) is 5.32 Å². The van der Waals surface area contributed by atoms with Gasteiger partial charge < -0.3 is 24.7 Å². The topological polar surface area (TPSA) is 126 Å². The maximum absolute atomic E-state index is 12.1. The van der Waals surface area contributed by atoms with Gasteiger partial charge in [-0.25, -0.2) is 9.59 Å². The monoisotopic (exact) mass is 424 g/mol. The molecule has 10 heteroatoms. The second kappa shape index (κ2) is 8.76. The molecule has 29 heavy (non-hydrogen) atoms. The number of likely N-dealkylation sites (N-methyl/N-ethyl adjacent to an activating group) is 1. The van der Waals surface area contributed by atoms with Crippen molar-refractivity contribution in [3.8, 4) is 6.07 Å². The molecule has 0 aromatic heterocycles. The van der Waals surface area contributed by atoms with Crippen molar-refractivity contribution in [3.05, 3.63) is 22.7 Å². The molecule has 2 rings (SSSR count). The van der Waals surface area contributed by atoms with Crippen LogP contribution in [-0.2, 0) is 4.74 Å². The minimum atomic E-state index is -1.11. The van der Waals surface area contributed by atoms with Gasteiger partial charge in [0, 0.05) is 20.1 Å². The van der Waals surface area contributed by atoms with Crippen LogP contribution in [0.1, 0.15) is 32.8 Å². The number of aliphatic hydroxyl groups excluding tert-OH is 1. The van der Waals surface area contributed by atoms with E-state index >= 15 is 0 Å². The van der Waals surface area contributed by atoms with Gasteiger partial charge in [0.1, 0.15) is 5.60 Å². The molecule has 1 aliphatic heterocycles. The number of rotatable bonds is 3. The van der Waals surface area contributed by atoms with Crippen LogP contribution in [0.15, 0.2) is 12.1 Å². The van der Waals surface area contributed by atoms with E-state index < -0.39 is 29.9 Å². The zero-order chi connectivity index (χ0) is 21.9. The summed E-state index contributed by atoms with van der Waals surface area (Å²) in [6, 6.07) is 4.49. The normalized spacial score (nSPS) is 19.3. The smallest absolute Gasteiger partial charge is 0.412 e. The number of amides is 2. The number of β-amino-alcohol motifs (C(OH)–C–C–N with tert-alkyl or cyclic N) is 1. The fourth-order valence-electron chi connectivity index (χ4n) is 3.14. The number of ether oxygens (including phenoxy) is 1. The van der Waals surface area contributed by atoms with Gasteiger partial charge in [0.15, 0.2) is 0 Å². The number of anilines is 2. The van der Waals surface area contributed by atoms with Crippen molar-refractivity contribution in [2.24, 2.45) is 0 Å². The molecular formula is C19H25ClN4O5. The Kier molecular flexibility index (Phi) is 6.82. The number of nitrogens with zero attached hydrogens (tertiary/aromatic N) is 3. The van der Waals surface area contributed by atoms with Crippen molar-refractivity contribution in [1.82, 2.24) is 4.90 Å². The molecule has 2 atom stereocenters. The molecule has 0 bridgehead atoms. The van der Waals surface area contributed by atoms with E-state index in [9.17, 15) is 20.0 Å². The lowest BCUT2D eigenvalue weighted by atomic mass is 9.99. The van der Waals surface area contributed by atoms with Gasteiger partial charge in [-0.05, 0) is 39.3 Å². The van der Waals surface area contributed by atoms with Crippen LogP contribution < -0.4 is 10.2 Å². The number of piperidine rings is 1. The van der Waals surface area contributed by atoms with E-state index in [0.29, 0.717) is 18.7 Å². The lowest BCUT2D eigenvalue weighted by Crippen LogP contribution is -2.54. The third-order valence-electron chi connectivity index (χ3n) is 4.50. The molecule has 0 spiro atoms. The zero-order valence-corrected chi connectivity index (χ0v) is 17.5.